The van der Waals surface area contributed by atoms with Crippen molar-refractivity contribution in [3.63, 3.8) is 0 Å². The molecule has 0 bridgehead atoms. The van der Waals surface area contributed by atoms with E-state index in [-0.39, 0.29) is 55.5 Å². The normalized spacial score (nSPS) is 19.4. The second-order valence-electron chi connectivity index (χ2n) is 8.65. The summed E-state index contributed by atoms with van der Waals surface area (Å²) in [5.74, 6) is 0.196. The molecule has 5 heterocycles. The van der Waals surface area contributed by atoms with Gasteiger partial charge in [0.2, 0.25) is 12.7 Å². The van der Waals surface area contributed by atoms with Gasteiger partial charge in [-0.2, -0.15) is 0 Å². The van der Waals surface area contributed by atoms with Crippen molar-refractivity contribution in [2.75, 3.05) is 6.79 Å². The van der Waals surface area contributed by atoms with E-state index >= 15 is 0 Å². The van der Waals surface area contributed by atoms with Gasteiger partial charge >= 0.3 is 5.97 Å². The third-order valence-electron chi connectivity index (χ3n) is 6.81. The fourth-order valence-corrected chi connectivity index (χ4v) is 4.97. The van der Waals surface area contributed by atoms with Crippen molar-refractivity contribution in [1.29, 1.82) is 0 Å². The molecule has 0 fully saturated rings. The van der Waals surface area contributed by atoms with Crippen molar-refractivity contribution in [3.8, 4) is 22.9 Å². The van der Waals surface area contributed by atoms with Crippen LogP contribution in [-0.4, -0.2) is 33.3 Å². The zero-order chi connectivity index (χ0) is 23.8. The molecule has 1 atom stereocenters. The molecule has 10 nitrogen and oxygen atoms in total. The van der Waals surface area contributed by atoms with Gasteiger partial charge in [-0.15, -0.1) is 0 Å². The number of nitrogens with zero attached hydrogens (tertiary/aromatic N) is 2. The third kappa shape index (κ3) is 2.72. The number of ether oxygens (including phenoxy) is 3. The van der Waals surface area contributed by atoms with Crippen molar-refractivity contribution in [2.45, 2.75) is 45.6 Å². The Bertz CT molecular complexity index is 1490. The molecule has 1 aromatic carbocycles. The van der Waals surface area contributed by atoms with E-state index in [1.54, 1.807) is 23.6 Å². The number of benzene rings is 1. The van der Waals surface area contributed by atoms with Crippen LogP contribution >= 0.6 is 0 Å². The molecule has 2 aromatic heterocycles. The molecule has 174 valence electrons. The van der Waals surface area contributed by atoms with Crippen LogP contribution in [0.1, 0.15) is 42.5 Å². The Balaban J connectivity index is 1.62. The molecule has 3 aliphatic rings. The molecule has 0 saturated heterocycles. The predicted molar refractivity (Wildman–Crippen MR) is 118 cm³/mol. The van der Waals surface area contributed by atoms with E-state index < -0.39 is 11.6 Å². The lowest BCUT2D eigenvalue weighted by molar-refractivity contribution is -0.172. The summed E-state index contributed by atoms with van der Waals surface area (Å²) in [7, 11) is 0. The topological polar surface area (TPSA) is 129 Å². The predicted octanol–water partition coefficient (Wildman–Crippen LogP) is 1.44. The summed E-state index contributed by atoms with van der Waals surface area (Å²) in [6.07, 6.45) is 0.0665. The maximum atomic E-state index is 13.4. The van der Waals surface area contributed by atoms with E-state index in [0.717, 1.165) is 16.5 Å². The van der Waals surface area contributed by atoms with E-state index in [4.69, 9.17) is 19.2 Å². The summed E-state index contributed by atoms with van der Waals surface area (Å²) in [6.45, 7) is 3.49. The first-order chi connectivity index (χ1) is 16.3. The number of rotatable bonds is 3. The minimum atomic E-state index is -1.90. The summed E-state index contributed by atoms with van der Waals surface area (Å²) in [4.78, 5) is 42.4. The molecule has 6 rings (SSSR count). The van der Waals surface area contributed by atoms with Crippen LogP contribution in [0.25, 0.3) is 22.3 Å². The molecule has 0 aliphatic carbocycles. The Labute approximate surface area is 193 Å². The van der Waals surface area contributed by atoms with Crippen LogP contribution in [-0.2, 0) is 39.6 Å². The van der Waals surface area contributed by atoms with E-state index in [0.29, 0.717) is 28.4 Å². The molecule has 0 unspecified atom stereocenters. The van der Waals surface area contributed by atoms with Gasteiger partial charge in [0.15, 0.2) is 17.1 Å². The van der Waals surface area contributed by atoms with Crippen LogP contribution in [0.5, 0.6) is 11.5 Å². The second kappa shape index (κ2) is 7.04. The zero-order valence-electron chi connectivity index (χ0n) is 18.6. The first kappa shape index (κ1) is 20.7. The summed E-state index contributed by atoms with van der Waals surface area (Å²) in [5, 5.41) is 14.7. The Hall–Kier alpha value is -3.92. The largest absolute Gasteiger partial charge is 0.458 e. The third-order valence-corrected chi connectivity index (χ3v) is 6.81. The number of cyclic esters (lactones) is 1. The highest BCUT2D eigenvalue weighted by Gasteiger charge is 2.45. The molecular formula is C24H21N3O7. The fourth-order valence-electron chi connectivity index (χ4n) is 4.97. The summed E-state index contributed by atoms with van der Waals surface area (Å²) in [5.41, 5.74) is 1.56. The minimum Gasteiger partial charge on any atom is -0.458 e. The lowest BCUT2D eigenvalue weighted by Gasteiger charge is -2.31. The van der Waals surface area contributed by atoms with Crippen LogP contribution in [0.15, 0.2) is 23.0 Å². The van der Waals surface area contributed by atoms with Crippen molar-refractivity contribution in [3.05, 3.63) is 50.8 Å². The zero-order valence-corrected chi connectivity index (χ0v) is 18.6. The first-order valence-corrected chi connectivity index (χ1v) is 11.0. The SMILES string of the molecule is CC[C@@]1(O)C(=O)OCc2c1cc1n(c2=O)Cc2c-1nc1cc3c(cc1c2CNC(C)=O)OCO3. The van der Waals surface area contributed by atoms with Gasteiger partial charge in [-0.25, -0.2) is 9.78 Å². The lowest BCUT2D eigenvalue weighted by atomic mass is 9.86. The number of aliphatic hydroxyl groups is 1. The van der Waals surface area contributed by atoms with Crippen molar-refractivity contribution in [1.82, 2.24) is 14.9 Å². The molecule has 0 spiro atoms. The average molecular weight is 463 g/mol. The van der Waals surface area contributed by atoms with E-state index in [2.05, 4.69) is 5.32 Å². The second-order valence-corrected chi connectivity index (χ2v) is 8.65. The standard InChI is InChI=1S/C24H21N3O7/c1-3-24(31)16-5-18-21-14(8-27(18)22(29)15(16)9-32-23(24)30)13(7-25-11(2)28)12-4-19-20(34-10-33-19)6-17(12)26-21/h4-6,31H,3,7-10H2,1-2H3,(H,25,28)/t24-/m0/s1. The Morgan fingerprint density at radius 1 is 1.18 bits per heavy atom. The number of nitrogens with one attached hydrogen (secondary N) is 1. The van der Waals surface area contributed by atoms with Gasteiger partial charge < -0.3 is 29.2 Å². The van der Waals surface area contributed by atoms with Gasteiger partial charge in [0, 0.05) is 36.0 Å². The van der Waals surface area contributed by atoms with Crippen LogP contribution in [0.3, 0.4) is 0 Å². The monoisotopic (exact) mass is 463 g/mol. The van der Waals surface area contributed by atoms with Gasteiger partial charge in [-0.05, 0) is 24.1 Å². The molecular weight excluding hydrogens is 442 g/mol. The number of fused-ring (bicyclic) bond motifs is 6. The first-order valence-electron chi connectivity index (χ1n) is 11.0. The van der Waals surface area contributed by atoms with Crippen molar-refractivity contribution < 1.29 is 28.9 Å². The summed E-state index contributed by atoms with van der Waals surface area (Å²) in [6, 6.07) is 5.27. The molecule has 2 N–H and O–H groups in total. The van der Waals surface area contributed by atoms with Gasteiger partial charge in [0.25, 0.3) is 5.56 Å². The van der Waals surface area contributed by atoms with E-state index in [9.17, 15) is 19.5 Å². The van der Waals surface area contributed by atoms with Crippen molar-refractivity contribution in [2.24, 2.45) is 0 Å². The lowest BCUT2D eigenvalue weighted by Crippen LogP contribution is -2.44. The number of carbonyl (C=O) groups is 2. The maximum absolute atomic E-state index is 13.4. The van der Waals surface area contributed by atoms with Gasteiger partial charge in [-0.3, -0.25) is 9.59 Å². The van der Waals surface area contributed by atoms with Crippen LogP contribution < -0.4 is 20.3 Å². The minimum absolute atomic E-state index is 0.0665. The summed E-state index contributed by atoms with van der Waals surface area (Å²) < 4.78 is 17.7. The maximum Gasteiger partial charge on any atom is 0.343 e. The number of pyridine rings is 2. The molecule has 10 heteroatoms. The number of esters is 1. The van der Waals surface area contributed by atoms with Crippen LogP contribution in [0.2, 0.25) is 0 Å². The fraction of sp³-hybridized carbons (Fsp3) is 0.333. The highest BCUT2D eigenvalue weighted by atomic mass is 16.7. The van der Waals surface area contributed by atoms with Crippen LogP contribution in [0.4, 0.5) is 0 Å². The number of carbonyl (C=O) groups excluding carboxylic acids is 2. The molecule has 0 radical (unpaired) electrons. The molecule has 3 aliphatic heterocycles. The van der Waals surface area contributed by atoms with Gasteiger partial charge in [0.05, 0.1) is 29.0 Å². The van der Waals surface area contributed by atoms with E-state index in [1.165, 1.54) is 6.92 Å². The van der Waals surface area contributed by atoms with Crippen molar-refractivity contribution >= 4 is 22.8 Å². The highest BCUT2D eigenvalue weighted by molar-refractivity contribution is 5.91. The van der Waals surface area contributed by atoms with E-state index in [1.807, 2.05) is 6.07 Å². The quantitative estimate of drug-likeness (QED) is 0.437. The molecule has 34 heavy (non-hydrogen) atoms. The van der Waals surface area contributed by atoms with Gasteiger partial charge in [0.1, 0.15) is 6.61 Å². The highest BCUT2D eigenvalue weighted by Crippen LogP contribution is 2.43. The summed E-state index contributed by atoms with van der Waals surface area (Å²) >= 11 is 0. The number of aromatic nitrogens is 2. The van der Waals surface area contributed by atoms with Gasteiger partial charge in [-0.1, -0.05) is 6.92 Å². The Morgan fingerprint density at radius 2 is 1.94 bits per heavy atom. The Kier molecular flexibility index (Phi) is 4.28. The number of hydrogen-bond acceptors (Lipinski definition) is 8. The smallest absolute Gasteiger partial charge is 0.343 e. The Morgan fingerprint density at radius 3 is 2.68 bits per heavy atom. The molecule has 0 saturated carbocycles. The number of hydrogen-bond donors (Lipinski definition) is 2. The average Bonchev–Trinajstić information content (AvgIpc) is 3.42. The number of amides is 1. The van der Waals surface area contributed by atoms with Crippen LogP contribution in [0, 0.1) is 0 Å². The molecule has 1 amide bonds. The molecule has 3 aromatic rings.